The Kier molecular flexibility index (Phi) is 4.69. The minimum atomic E-state index is -0.759. The molecule has 1 saturated heterocycles. The fourth-order valence-electron chi connectivity index (χ4n) is 3.15. The Balaban J connectivity index is 1.42. The number of hydrogen-bond donors (Lipinski definition) is 2. The van der Waals surface area contributed by atoms with Crippen LogP contribution in [0.3, 0.4) is 0 Å². The van der Waals surface area contributed by atoms with Crippen molar-refractivity contribution < 1.29 is 19.4 Å². The van der Waals surface area contributed by atoms with Gasteiger partial charge in [0.05, 0.1) is 12.5 Å². The van der Waals surface area contributed by atoms with Gasteiger partial charge in [-0.15, -0.1) is 0 Å². The zero-order valence-electron chi connectivity index (χ0n) is 13.1. The number of piperidine rings is 1. The van der Waals surface area contributed by atoms with E-state index in [1.54, 1.807) is 4.90 Å². The summed E-state index contributed by atoms with van der Waals surface area (Å²) >= 11 is 0. The second-order valence-corrected chi connectivity index (χ2v) is 6.12. The minimum absolute atomic E-state index is 0.0988. The predicted octanol–water partition coefficient (Wildman–Crippen LogP) is 1.67. The molecule has 23 heavy (non-hydrogen) atoms. The highest BCUT2D eigenvalue weighted by atomic mass is 16.5. The number of amides is 2. The van der Waals surface area contributed by atoms with Crippen molar-refractivity contribution in [3.8, 4) is 5.75 Å². The van der Waals surface area contributed by atoms with Gasteiger partial charge < -0.3 is 20.1 Å². The molecule has 0 bridgehead atoms. The third-order valence-corrected chi connectivity index (χ3v) is 4.58. The summed E-state index contributed by atoms with van der Waals surface area (Å²) in [5.41, 5.74) is 2.43. The van der Waals surface area contributed by atoms with Crippen LogP contribution in [0.5, 0.6) is 5.75 Å². The highest BCUT2D eigenvalue weighted by Gasteiger charge is 2.26. The minimum Gasteiger partial charge on any atom is -0.493 e. The number of ether oxygens (including phenoxy) is 1. The molecule has 1 aromatic rings. The maximum atomic E-state index is 12.1. The maximum absolute atomic E-state index is 12.1. The summed E-state index contributed by atoms with van der Waals surface area (Å²) in [7, 11) is 0. The highest BCUT2D eigenvalue weighted by Crippen LogP contribution is 2.25. The average molecular weight is 318 g/mol. The van der Waals surface area contributed by atoms with Crippen LogP contribution in [0.25, 0.3) is 0 Å². The van der Waals surface area contributed by atoms with E-state index in [0.717, 1.165) is 25.2 Å². The Morgan fingerprint density at radius 1 is 1.30 bits per heavy atom. The quantitative estimate of drug-likeness (QED) is 0.885. The number of fused-ring (bicyclic) bond motifs is 1. The number of carboxylic acids is 1. The van der Waals surface area contributed by atoms with Crippen molar-refractivity contribution in [1.82, 2.24) is 10.2 Å². The van der Waals surface area contributed by atoms with Gasteiger partial charge in [0.1, 0.15) is 5.75 Å². The number of aliphatic carboxylic acids is 1. The van der Waals surface area contributed by atoms with Crippen molar-refractivity contribution in [3.63, 3.8) is 0 Å². The number of hydrogen-bond acceptors (Lipinski definition) is 3. The first-order valence-corrected chi connectivity index (χ1v) is 8.13. The van der Waals surface area contributed by atoms with E-state index in [-0.39, 0.29) is 11.9 Å². The largest absolute Gasteiger partial charge is 0.493 e. The van der Waals surface area contributed by atoms with E-state index < -0.39 is 5.97 Å². The number of carbonyl (C=O) groups is 2. The lowest BCUT2D eigenvalue weighted by molar-refractivity contribution is -0.143. The van der Waals surface area contributed by atoms with Gasteiger partial charge in [-0.25, -0.2) is 4.79 Å². The first-order chi connectivity index (χ1) is 11.1. The standard InChI is InChI=1S/C17H22N2O4/c20-16(21)13-4-8-19(9-5-13)17(22)18-7-3-12-1-2-15-14(11-12)6-10-23-15/h1-2,11,13H,3-10H2,(H,18,22)(H,20,21). The summed E-state index contributed by atoms with van der Waals surface area (Å²) in [6, 6.07) is 6.08. The van der Waals surface area contributed by atoms with Crippen LogP contribution in [0.2, 0.25) is 0 Å². The van der Waals surface area contributed by atoms with Crippen molar-refractivity contribution in [2.75, 3.05) is 26.2 Å². The third-order valence-electron chi connectivity index (χ3n) is 4.58. The van der Waals surface area contributed by atoms with Crippen LogP contribution in [-0.4, -0.2) is 48.2 Å². The molecule has 1 aromatic carbocycles. The normalized spacial score (nSPS) is 17.5. The van der Waals surface area contributed by atoms with Gasteiger partial charge in [0.15, 0.2) is 0 Å². The van der Waals surface area contributed by atoms with Gasteiger partial charge >= 0.3 is 12.0 Å². The Labute approximate surface area is 135 Å². The van der Waals surface area contributed by atoms with E-state index in [0.29, 0.717) is 32.5 Å². The highest BCUT2D eigenvalue weighted by molar-refractivity contribution is 5.75. The molecule has 0 saturated carbocycles. The summed E-state index contributed by atoms with van der Waals surface area (Å²) in [4.78, 5) is 24.7. The van der Waals surface area contributed by atoms with Crippen molar-refractivity contribution >= 4 is 12.0 Å². The molecule has 0 spiro atoms. The lowest BCUT2D eigenvalue weighted by Gasteiger charge is -2.30. The van der Waals surface area contributed by atoms with Crippen molar-refractivity contribution in [1.29, 1.82) is 0 Å². The number of carbonyl (C=O) groups excluding carboxylic acids is 1. The molecule has 3 rings (SSSR count). The molecule has 0 aliphatic carbocycles. The van der Waals surface area contributed by atoms with E-state index in [2.05, 4.69) is 11.4 Å². The summed E-state index contributed by atoms with van der Waals surface area (Å²) in [6.07, 6.45) is 2.81. The zero-order chi connectivity index (χ0) is 16.2. The van der Waals surface area contributed by atoms with Gasteiger partial charge in [-0.2, -0.15) is 0 Å². The van der Waals surface area contributed by atoms with Gasteiger partial charge in [-0.05, 0) is 36.5 Å². The van der Waals surface area contributed by atoms with Gasteiger partial charge in [-0.3, -0.25) is 4.79 Å². The lowest BCUT2D eigenvalue weighted by Crippen LogP contribution is -2.45. The fourth-order valence-corrected chi connectivity index (χ4v) is 3.15. The van der Waals surface area contributed by atoms with Crippen LogP contribution in [0.15, 0.2) is 18.2 Å². The molecule has 2 aliphatic rings. The Hall–Kier alpha value is -2.24. The molecule has 0 unspecified atom stereocenters. The van der Waals surface area contributed by atoms with Crippen LogP contribution in [0.1, 0.15) is 24.0 Å². The number of likely N-dealkylation sites (tertiary alicyclic amines) is 1. The summed E-state index contributed by atoms with van der Waals surface area (Å²) < 4.78 is 5.48. The summed E-state index contributed by atoms with van der Waals surface area (Å²) in [6.45, 7) is 2.36. The van der Waals surface area contributed by atoms with Gasteiger partial charge in [0, 0.05) is 26.1 Å². The Morgan fingerprint density at radius 3 is 2.83 bits per heavy atom. The smallest absolute Gasteiger partial charge is 0.317 e. The molecule has 2 N–H and O–H groups in total. The molecule has 2 aliphatic heterocycles. The molecule has 0 aromatic heterocycles. The molecule has 1 fully saturated rings. The molecule has 2 heterocycles. The van der Waals surface area contributed by atoms with E-state index in [9.17, 15) is 9.59 Å². The van der Waals surface area contributed by atoms with Gasteiger partial charge in [0.25, 0.3) is 0 Å². The number of benzene rings is 1. The monoisotopic (exact) mass is 318 g/mol. The summed E-state index contributed by atoms with van der Waals surface area (Å²) in [5, 5.41) is 11.9. The number of carboxylic acid groups (broad SMARTS) is 1. The Bertz CT molecular complexity index is 594. The van der Waals surface area contributed by atoms with Crippen LogP contribution in [0.4, 0.5) is 4.79 Å². The Morgan fingerprint density at radius 2 is 2.09 bits per heavy atom. The van der Waals surface area contributed by atoms with E-state index in [1.807, 2.05) is 12.1 Å². The number of rotatable bonds is 4. The number of urea groups is 1. The molecule has 0 atom stereocenters. The van der Waals surface area contributed by atoms with Crippen molar-refractivity contribution in [2.45, 2.75) is 25.7 Å². The molecular weight excluding hydrogens is 296 g/mol. The molecule has 0 radical (unpaired) electrons. The SMILES string of the molecule is O=C(O)C1CCN(C(=O)NCCc2ccc3c(c2)CCO3)CC1. The van der Waals surface area contributed by atoms with Crippen molar-refractivity contribution in [3.05, 3.63) is 29.3 Å². The van der Waals surface area contributed by atoms with E-state index >= 15 is 0 Å². The third kappa shape index (κ3) is 3.75. The zero-order valence-corrected chi connectivity index (χ0v) is 13.1. The van der Waals surface area contributed by atoms with Crippen LogP contribution in [-0.2, 0) is 17.6 Å². The number of nitrogens with one attached hydrogen (secondary N) is 1. The maximum Gasteiger partial charge on any atom is 0.317 e. The fraction of sp³-hybridized carbons (Fsp3) is 0.529. The molecule has 124 valence electrons. The van der Waals surface area contributed by atoms with Gasteiger partial charge in [0.2, 0.25) is 0 Å². The van der Waals surface area contributed by atoms with Crippen LogP contribution < -0.4 is 10.1 Å². The summed E-state index contributed by atoms with van der Waals surface area (Å²) in [5.74, 6) is -0.0996. The van der Waals surface area contributed by atoms with Crippen molar-refractivity contribution in [2.24, 2.45) is 5.92 Å². The molecule has 6 nitrogen and oxygen atoms in total. The first kappa shape index (κ1) is 15.6. The topological polar surface area (TPSA) is 78.9 Å². The average Bonchev–Trinajstić information content (AvgIpc) is 3.02. The van der Waals surface area contributed by atoms with Gasteiger partial charge in [-0.1, -0.05) is 12.1 Å². The van der Waals surface area contributed by atoms with Crippen LogP contribution in [0, 0.1) is 5.92 Å². The second-order valence-electron chi connectivity index (χ2n) is 6.12. The second kappa shape index (κ2) is 6.89. The van der Waals surface area contributed by atoms with E-state index in [1.165, 1.54) is 11.1 Å². The number of nitrogens with zero attached hydrogens (tertiary/aromatic N) is 1. The van der Waals surface area contributed by atoms with E-state index in [4.69, 9.17) is 9.84 Å². The molecule has 6 heteroatoms. The molecular formula is C17H22N2O4. The van der Waals surface area contributed by atoms with Crippen LogP contribution >= 0.6 is 0 Å². The first-order valence-electron chi connectivity index (χ1n) is 8.13. The predicted molar refractivity (Wildman–Crippen MR) is 84.7 cm³/mol. The lowest BCUT2D eigenvalue weighted by atomic mass is 9.97. The molecule has 2 amide bonds.